The second-order valence-corrected chi connectivity index (χ2v) is 11.4. The molecular formula is C29H39F3N6O2. The van der Waals surface area contributed by atoms with E-state index in [1.807, 2.05) is 25.8 Å². The van der Waals surface area contributed by atoms with Crippen molar-refractivity contribution < 1.29 is 22.8 Å². The summed E-state index contributed by atoms with van der Waals surface area (Å²) in [6.07, 6.45) is 0.00656. The average molecular weight is 561 g/mol. The lowest BCUT2D eigenvalue weighted by Gasteiger charge is -2.33. The van der Waals surface area contributed by atoms with Crippen molar-refractivity contribution in [1.82, 2.24) is 25.1 Å². The van der Waals surface area contributed by atoms with Gasteiger partial charge in [-0.1, -0.05) is 26.7 Å². The highest BCUT2D eigenvalue weighted by molar-refractivity contribution is 5.94. The third kappa shape index (κ3) is 7.93. The summed E-state index contributed by atoms with van der Waals surface area (Å²) in [6.45, 7) is 6.90. The molecular weight excluding hydrogens is 521 g/mol. The van der Waals surface area contributed by atoms with E-state index in [9.17, 15) is 22.8 Å². The number of aromatic nitrogens is 2. The molecule has 40 heavy (non-hydrogen) atoms. The molecule has 2 amide bonds. The first-order valence-corrected chi connectivity index (χ1v) is 14.1. The minimum atomic E-state index is -4.59. The molecule has 2 atom stereocenters. The molecule has 1 aliphatic carbocycles. The number of likely N-dealkylation sites (N-methyl/N-ethyl adjacent to an activating group) is 1. The van der Waals surface area contributed by atoms with E-state index in [4.69, 9.17) is 0 Å². The number of piperazine rings is 1. The van der Waals surface area contributed by atoms with Crippen LogP contribution in [0.15, 0.2) is 30.5 Å². The molecule has 11 heteroatoms. The van der Waals surface area contributed by atoms with Gasteiger partial charge in [0, 0.05) is 56.1 Å². The van der Waals surface area contributed by atoms with Crippen molar-refractivity contribution in [3.05, 3.63) is 47.3 Å². The lowest BCUT2D eigenvalue weighted by molar-refractivity contribution is -0.139. The van der Waals surface area contributed by atoms with Gasteiger partial charge in [0.1, 0.15) is 0 Å². The van der Waals surface area contributed by atoms with Crippen LogP contribution in [0.2, 0.25) is 0 Å². The highest BCUT2D eigenvalue weighted by atomic mass is 19.4. The third-order valence-corrected chi connectivity index (χ3v) is 7.66. The van der Waals surface area contributed by atoms with Gasteiger partial charge in [-0.15, -0.1) is 0 Å². The van der Waals surface area contributed by atoms with Crippen LogP contribution in [0.3, 0.4) is 0 Å². The highest BCUT2D eigenvalue weighted by Gasteiger charge is 2.37. The molecule has 1 saturated heterocycles. The average Bonchev–Trinajstić information content (AvgIpc) is 2.89. The Hall–Kier alpha value is -3.21. The van der Waals surface area contributed by atoms with Crippen LogP contribution < -0.4 is 10.6 Å². The Morgan fingerprint density at radius 1 is 1.05 bits per heavy atom. The number of carbonyl (C=O) groups excluding carboxylic acids is 2. The first-order valence-electron chi connectivity index (χ1n) is 14.1. The Morgan fingerprint density at radius 2 is 1.73 bits per heavy atom. The Balaban J connectivity index is 1.48. The number of benzene rings is 1. The van der Waals surface area contributed by atoms with E-state index in [-0.39, 0.29) is 47.8 Å². The second kappa shape index (κ2) is 13.0. The quantitative estimate of drug-likeness (QED) is 0.478. The lowest BCUT2D eigenvalue weighted by Crippen LogP contribution is -2.47. The summed E-state index contributed by atoms with van der Waals surface area (Å²) in [5.41, 5.74) is 0.176. The van der Waals surface area contributed by atoms with E-state index >= 15 is 0 Å². The molecule has 0 radical (unpaired) electrons. The van der Waals surface area contributed by atoms with Gasteiger partial charge in [-0.3, -0.25) is 9.59 Å². The van der Waals surface area contributed by atoms with Crippen molar-refractivity contribution in [2.24, 2.45) is 11.8 Å². The topological polar surface area (TPSA) is 90.5 Å². The van der Waals surface area contributed by atoms with Gasteiger partial charge in [-0.25, -0.2) is 9.97 Å². The standard InChI is InChI=1S/C29H39F3N6O2/c1-19(2)16-26(39)35-24-7-5-4-6-21(24)17-25-23(29(30,31)32)18-33-28(36-25)34-22-10-8-20(9-11-22)27(40)38-14-12-37(3)13-15-38/h8-11,18-19,21,24H,4-7,12-17H2,1-3H3,(H,35,39)(H,33,34,36)/t21-,24-/m0/s1. The molecule has 1 saturated carbocycles. The van der Waals surface area contributed by atoms with Crippen LogP contribution >= 0.6 is 0 Å². The fraction of sp³-hybridized carbons (Fsp3) is 0.586. The van der Waals surface area contributed by atoms with Gasteiger partial charge in [0.05, 0.1) is 11.3 Å². The van der Waals surface area contributed by atoms with Gasteiger partial charge in [-0.2, -0.15) is 13.2 Å². The summed E-state index contributed by atoms with van der Waals surface area (Å²) < 4.78 is 41.7. The molecule has 0 bridgehead atoms. The van der Waals surface area contributed by atoms with Crippen molar-refractivity contribution in [2.45, 2.75) is 64.6 Å². The number of halogens is 3. The predicted octanol–water partition coefficient (Wildman–Crippen LogP) is 4.89. The molecule has 8 nitrogen and oxygen atoms in total. The molecule has 0 spiro atoms. The predicted molar refractivity (Wildman–Crippen MR) is 147 cm³/mol. The molecule has 0 unspecified atom stereocenters. The summed E-state index contributed by atoms with van der Waals surface area (Å²) in [6, 6.07) is 6.61. The number of nitrogens with one attached hydrogen (secondary N) is 2. The minimum absolute atomic E-state index is 0.0461. The molecule has 2 N–H and O–H groups in total. The zero-order chi connectivity index (χ0) is 28.9. The maximum Gasteiger partial charge on any atom is 0.419 e. The zero-order valence-corrected chi connectivity index (χ0v) is 23.4. The van der Waals surface area contributed by atoms with Crippen LogP contribution in [-0.2, 0) is 17.4 Å². The number of rotatable bonds is 8. The van der Waals surface area contributed by atoms with Crippen LogP contribution in [0.25, 0.3) is 0 Å². The van der Waals surface area contributed by atoms with Gasteiger partial charge in [0.2, 0.25) is 11.9 Å². The van der Waals surface area contributed by atoms with Crippen LogP contribution in [0, 0.1) is 11.8 Å². The number of amides is 2. The fourth-order valence-corrected chi connectivity index (χ4v) is 5.41. The highest BCUT2D eigenvalue weighted by Crippen LogP contribution is 2.35. The fourth-order valence-electron chi connectivity index (χ4n) is 5.41. The number of anilines is 2. The number of hydrogen-bond acceptors (Lipinski definition) is 6. The number of nitrogens with zero attached hydrogens (tertiary/aromatic N) is 4. The maximum absolute atomic E-state index is 13.9. The van der Waals surface area contributed by atoms with Crippen LogP contribution in [-0.4, -0.2) is 70.9 Å². The molecule has 2 fully saturated rings. The summed E-state index contributed by atoms with van der Waals surface area (Å²) in [5.74, 6) is -0.00273. The van der Waals surface area contributed by atoms with Gasteiger partial charge in [0.25, 0.3) is 5.91 Å². The van der Waals surface area contributed by atoms with Gasteiger partial charge in [0.15, 0.2) is 0 Å². The van der Waals surface area contributed by atoms with Crippen molar-refractivity contribution in [2.75, 3.05) is 38.5 Å². The lowest BCUT2D eigenvalue weighted by atomic mass is 9.81. The molecule has 2 aromatic rings. The molecule has 4 rings (SSSR count). The van der Waals surface area contributed by atoms with Crippen molar-refractivity contribution in [3.63, 3.8) is 0 Å². The smallest absolute Gasteiger partial charge is 0.353 e. The first-order chi connectivity index (χ1) is 19.0. The monoisotopic (exact) mass is 560 g/mol. The van der Waals surface area contributed by atoms with E-state index in [0.29, 0.717) is 30.8 Å². The summed E-state index contributed by atoms with van der Waals surface area (Å²) in [5, 5.41) is 6.05. The van der Waals surface area contributed by atoms with E-state index in [0.717, 1.165) is 45.0 Å². The first kappa shape index (κ1) is 29.8. The molecule has 1 aromatic heterocycles. The van der Waals surface area contributed by atoms with E-state index in [1.54, 1.807) is 24.3 Å². The minimum Gasteiger partial charge on any atom is -0.353 e. The molecule has 1 aromatic carbocycles. The summed E-state index contributed by atoms with van der Waals surface area (Å²) in [7, 11) is 2.02. The van der Waals surface area contributed by atoms with Crippen LogP contribution in [0.1, 0.15) is 67.6 Å². The van der Waals surface area contributed by atoms with Crippen molar-refractivity contribution in [1.29, 1.82) is 0 Å². The van der Waals surface area contributed by atoms with Gasteiger partial charge >= 0.3 is 6.18 Å². The number of hydrogen-bond donors (Lipinski definition) is 2. The Morgan fingerprint density at radius 3 is 2.38 bits per heavy atom. The van der Waals surface area contributed by atoms with Gasteiger partial charge in [-0.05, 0) is 62.4 Å². The van der Waals surface area contributed by atoms with E-state index < -0.39 is 11.7 Å². The number of alkyl halides is 3. The largest absolute Gasteiger partial charge is 0.419 e. The van der Waals surface area contributed by atoms with Crippen LogP contribution in [0.4, 0.5) is 24.8 Å². The van der Waals surface area contributed by atoms with E-state index in [1.165, 1.54) is 0 Å². The van der Waals surface area contributed by atoms with Crippen molar-refractivity contribution >= 4 is 23.5 Å². The molecule has 1 aliphatic heterocycles. The summed E-state index contributed by atoms with van der Waals surface area (Å²) >= 11 is 0. The Bertz CT molecular complexity index is 1160. The van der Waals surface area contributed by atoms with Crippen LogP contribution in [0.5, 0.6) is 0 Å². The van der Waals surface area contributed by atoms with Gasteiger partial charge < -0.3 is 20.4 Å². The molecule has 2 heterocycles. The normalized spacial score (nSPS) is 20.4. The molecule has 2 aliphatic rings. The van der Waals surface area contributed by atoms with Crippen molar-refractivity contribution in [3.8, 4) is 0 Å². The Kier molecular flexibility index (Phi) is 9.65. The van der Waals surface area contributed by atoms with E-state index in [2.05, 4.69) is 25.5 Å². The SMILES string of the molecule is CC(C)CC(=O)N[C@H]1CCCC[C@H]1Cc1nc(Nc2ccc(C(=O)N3CCN(C)CC3)cc2)ncc1C(F)(F)F. The molecule has 218 valence electrons. The number of carbonyl (C=O) groups is 2. The maximum atomic E-state index is 13.9. The Labute approximate surface area is 233 Å². The second-order valence-electron chi connectivity index (χ2n) is 11.4. The summed E-state index contributed by atoms with van der Waals surface area (Å²) in [4.78, 5) is 37.5. The third-order valence-electron chi connectivity index (χ3n) is 7.66. The zero-order valence-electron chi connectivity index (χ0n) is 23.4.